The minimum Gasteiger partial charge on any atom is -0.450 e. The van der Waals surface area contributed by atoms with E-state index in [9.17, 15) is 13.2 Å². The number of carbonyl (C=O) groups is 1. The second-order valence-corrected chi connectivity index (χ2v) is 8.57. The van der Waals surface area contributed by atoms with Crippen molar-refractivity contribution in [1.29, 1.82) is 0 Å². The molecule has 6 nitrogen and oxygen atoms in total. The van der Waals surface area contributed by atoms with Crippen LogP contribution < -0.4 is 5.32 Å². The molecule has 32 heavy (non-hydrogen) atoms. The van der Waals surface area contributed by atoms with Crippen molar-refractivity contribution < 1.29 is 28.2 Å². The molecule has 0 bridgehead atoms. The Kier molecular flexibility index (Phi) is 7.89. The van der Waals surface area contributed by atoms with Crippen LogP contribution in [0.25, 0.3) is 10.2 Å². The van der Waals surface area contributed by atoms with E-state index in [1.165, 1.54) is 18.1 Å². The van der Waals surface area contributed by atoms with Gasteiger partial charge in [-0.05, 0) is 30.9 Å². The number of halogens is 3. The Balaban J connectivity index is 0.000000668. The van der Waals surface area contributed by atoms with Gasteiger partial charge in [0, 0.05) is 12.5 Å². The first kappa shape index (κ1) is 23.8. The van der Waals surface area contributed by atoms with Crippen molar-refractivity contribution in [2.75, 3.05) is 11.9 Å². The molecule has 0 amide bonds. The molecule has 3 N–H and O–H groups in total. The third kappa shape index (κ3) is 6.56. The summed E-state index contributed by atoms with van der Waals surface area (Å²) >= 11 is 0.710. The first-order valence-corrected chi connectivity index (χ1v) is 11.1. The monoisotopic (exact) mass is 467 g/mol. The highest BCUT2D eigenvalue weighted by Gasteiger charge is 2.34. The molecule has 172 valence electrons. The molecule has 1 aliphatic carbocycles. The third-order valence-electron chi connectivity index (χ3n) is 5.21. The zero-order valence-corrected chi connectivity index (χ0v) is 18.0. The number of carboxylic acid groups (broad SMARTS) is 2. The van der Waals surface area contributed by atoms with Crippen molar-refractivity contribution in [2.24, 2.45) is 0 Å². The third-order valence-corrected chi connectivity index (χ3v) is 6.28. The number of benzene rings is 1. The van der Waals surface area contributed by atoms with Crippen molar-refractivity contribution >= 4 is 33.5 Å². The van der Waals surface area contributed by atoms with Crippen LogP contribution in [0.2, 0.25) is 0 Å². The Labute approximate surface area is 187 Å². The topological polar surface area (TPSA) is 95.3 Å². The largest absolute Gasteiger partial charge is 0.503 e. The van der Waals surface area contributed by atoms with Gasteiger partial charge in [-0.2, -0.15) is 13.2 Å². The van der Waals surface area contributed by atoms with Gasteiger partial charge in [0.15, 0.2) is 0 Å². The number of hydrogen-bond donors (Lipinski definition) is 3. The second-order valence-electron chi connectivity index (χ2n) is 7.54. The molecular weight excluding hydrogens is 443 g/mol. The summed E-state index contributed by atoms with van der Waals surface area (Å²) < 4.78 is 39.7. The summed E-state index contributed by atoms with van der Waals surface area (Å²) in [7, 11) is 0. The molecular formula is C22H24F3N3O3S. The maximum absolute atomic E-state index is 13.2. The molecule has 0 spiro atoms. The molecule has 0 unspecified atom stereocenters. The van der Waals surface area contributed by atoms with Crippen molar-refractivity contribution in [1.82, 2.24) is 9.97 Å². The van der Waals surface area contributed by atoms with Gasteiger partial charge < -0.3 is 15.5 Å². The predicted molar refractivity (Wildman–Crippen MR) is 118 cm³/mol. The number of aromatic nitrogens is 2. The highest BCUT2D eigenvalue weighted by molar-refractivity contribution is 7.18. The van der Waals surface area contributed by atoms with Crippen molar-refractivity contribution in [3.63, 3.8) is 0 Å². The molecule has 0 aliphatic heterocycles. The standard InChI is InChI=1S/C21H22F3N3S.CH2O3/c22-21(23,24)17-13-16-19(25-12-11-14-7-3-1-4-8-14)26-18(27-20(16)28-17)15-9-5-2-6-10-15;2-1(3)4/h1,3-4,7-8,13,15H,2,5-6,9-12H2,(H,25,26,27);(H2,2,3,4). The van der Waals surface area contributed by atoms with Gasteiger partial charge in [0.05, 0.1) is 5.39 Å². The Hall–Kier alpha value is -2.88. The molecule has 4 rings (SSSR count). The van der Waals surface area contributed by atoms with Gasteiger partial charge in [0.1, 0.15) is 21.3 Å². The molecule has 1 aromatic carbocycles. The number of rotatable bonds is 5. The Bertz CT molecular complexity index is 1030. The van der Waals surface area contributed by atoms with Crippen LogP contribution in [0.4, 0.5) is 23.8 Å². The van der Waals surface area contributed by atoms with Gasteiger partial charge in [-0.3, -0.25) is 0 Å². The molecule has 0 radical (unpaired) electrons. The lowest BCUT2D eigenvalue weighted by Gasteiger charge is -2.21. The lowest BCUT2D eigenvalue weighted by molar-refractivity contribution is -0.134. The van der Waals surface area contributed by atoms with E-state index in [0.717, 1.165) is 32.1 Å². The molecule has 1 fully saturated rings. The molecule has 2 aromatic heterocycles. The van der Waals surface area contributed by atoms with E-state index < -0.39 is 17.2 Å². The minimum atomic E-state index is -4.36. The molecule has 0 atom stereocenters. The average Bonchev–Trinajstić information content (AvgIpc) is 3.20. The maximum atomic E-state index is 13.2. The van der Waals surface area contributed by atoms with Crippen LogP contribution in [0.1, 0.15) is 54.3 Å². The van der Waals surface area contributed by atoms with Crippen LogP contribution in [-0.4, -0.2) is 32.9 Å². The number of nitrogens with zero attached hydrogens (tertiary/aromatic N) is 2. The van der Waals surface area contributed by atoms with E-state index in [-0.39, 0.29) is 5.92 Å². The Morgan fingerprint density at radius 3 is 2.38 bits per heavy atom. The molecule has 10 heteroatoms. The van der Waals surface area contributed by atoms with Crippen LogP contribution in [0.5, 0.6) is 0 Å². The van der Waals surface area contributed by atoms with Crippen LogP contribution >= 0.6 is 11.3 Å². The smallest absolute Gasteiger partial charge is 0.450 e. The summed E-state index contributed by atoms with van der Waals surface area (Å²) in [4.78, 5) is 17.6. The number of fused-ring (bicyclic) bond motifs is 1. The van der Waals surface area contributed by atoms with Crippen LogP contribution in [0.3, 0.4) is 0 Å². The number of nitrogens with one attached hydrogen (secondary N) is 1. The number of alkyl halides is 3. The first-order valence-electron chi connectivity index (χ1n) is 10.3. The van der Waals surface area contributed by atoms with Crippen molar-refractivity contribution in [3.8, 4) is 0 Å². The van der Waals surface area contributed by atoms with Crippen molar-refractivity contribution in [3.05, 3.63) is 52.7 Å². The lowest BCUT2D eigenvalue weighted by Crippen LogP contribution is -2.12. The van der Waals surface area contributed by atoms with E-state index >= 15 is 0 Å². The zero-order valence-electron chi connectivity index (χ0n) is 17.2. The number of anilines is 1. The van der Waals surface area contributed by atoms with Gasteiger partial charge >= 0.3 is 12.3 Å². The molecule has 3 aromatic rings. The van der Waals surface area contributed by atoms with Gasteiger partial charge in [0.25, 0.3) is 0 Å². The minimum absolute atomic E-state index is 0.240. The van der Waals surface area contributed by atoms with Crippen LogP contribution in [0, 0.1) is 0 Å². The summed E-state index contributed by atoms with van der Waals surface area (Å²) in [5.74, 6) is 1.45. The van der Waals surface area contributed by atoms with E-state index in [1.807, 2.05) is 30.3 Å². The van der Waals surface area contributed by atoms with Gasteiger partial charge in [0.2, 0.25) is 0 Å². The Morgan fingerprint density at radius 2 is 1.75 bits per heavy atom. The van der Waals surface area contributed by atoms with Gasteiger partial charge in [-0.1, -0.05) is 49.6 Å². The van der Waals surface area contributed by atoms with E-state index in [4.69, 9.17) is 15.0 Å². The van der Waals surface area contributed by atoms with E-state index in [1.54, 1.807) is 0 Å². The summed E-state index contributed by atoms with van der Waals surface area (Å²) in [6, 6.07) is 11.2. The second kappa shape index (κ2) is 10.6. The fourth-order valence-electron chi connectivity index (χ4n) is 3.73. The fourth-order valence-corrected chi connectivity index (χ4v) is 4.63. The maximum Gasteiger partial charge on any atom is 0.503 e. The number of hydrogen-bond acceptors (Lipinski definition) is 5. The van der Waals surface area contributed by atoms with Crippen molar-refractivity contribution in [2.45, 2.75) is 50.6 Å². The molecule has 0 saturated heterocycles. The highest BCUT2D eigenvalue weighted by atomic mass is 32.1. The van der Waals surface area contributed by atoms with Crippen LogP contribution in [0.15, 0.2) is 36.4 Å². The summed E-state index contributed by atoms with van der Waals surface area (Å²) in [6.45, 7) is 0.609. The number of thiophene rings is 1. The predicted octanol–water partition coefficient (Wildman–Crippen LogP) is 6.63. The normalized spacial score (nSPS) is 14.6. The molecule has 2 heterocycles. The summed E-state index contributed by atoms with van der Waals surface area (Å²) in [5.41, 5.74) is 1.18. The first-order chi connectivity index (χ1) is 15.2. The zero-order chi connectivity index (χ0) is 23.1. The van der Waals surface area contributed by atoms with Gasteiger partial charge in [-0.15, -0.1) is 11.3 Å². The SMILES string of the molecule is FC(F)(F)c1cc2c(NCCc3ccccc3)nc(C3CCCCC3)nc2s1.O=C(O)O. The summed E-state index contributed by atoms with van der Waals surface area (Å²) in [6.07, 6.45) is 0.0538. The molecule has 1 aliphatic rings. The summed E-state index contributed by atoms with van der Waals surface area (Å²) in [5, 5.41) is 17.7. The lowest BCUT2D eigenvalue weighted by atomic mass is 9.88. The fraction of sp³-hybridized carbons (Fsp3) is 0.409. The van der Waals surface area contributed by atoms with Gasteiger partial charge in [-0.25, -0.2) is 14.8 Å². The van der Waals surface area contributed by atoms with Crippen LogP contribution in [-0.2, 0) is 12.6 Å². The van der Waals surface area contributed by atoms with E-state index in [0.29, 0.717) is 39.7 Å². The quantitative estimate of drug-likeness (QED) is 0.390. The van der Waals surface area contributed by atoms with E-state index in [2.05, 4.69) is 15.3 Å². The average molecular weight is 468 g/mol. The Morgan fingerprint density at radius 1 is 1.09 bits per heavy atom. The molecule has 1 saturated carbocycles. The highest BCUT2D eigenvalue weighted by Crippen LogP contribution is 2.40.